The molecule has 4 saturated carbocycles. The Morgan fingerprint density at radius 1 is 1.03 bits per heavy atom. The third-order valence-corrected chi connectivity index (χ3v) is 14.1. The van der Waals surface area contributed by atoms with Crippen molar-refractivity contribution in [1.82, 2.24) is 5.16 Å². The molecule has 5 aliphatic carbocycles. The predicted molar refractivity (Wildman–Crippen MR) is 153 cm³/mol. The highest BCUT2D eigenvalue weighted by Crippen LogP contribution is 2.77. The lowest BCUT2D eigenvalue weighted by atomic mass is 9.32. The molecule has 1 aromatic heterocycles. The second kappa shape index (κ2) is 8.57. The van der Waals surface area contributed by atoms with E-state index in [4.69, 9.17) is 4.52 Å². The van der Waals surface area contributed by atoms with Gasteiger partial charge in [0.25, 0.3) is 0 Å². The van der Waals surface area contributed by atoms with Crippen molar-refractivity contribution in [2.75, 3.05) is 6.61 Å². The summed E-state index contributed by atoms with van der Waals surface area (Å²) in [7, 11) is 0. The van der Waals surface area contributed by atoms with Crippen LogP contribution in [-0.2, 0) is 0 Å². The monoisotopic (exact) mass is 535 g/mol. The molecule has 0 unspecified atom stereocenters. The maximum Gasteiger partial charge on any atom is 0.358 e. The van der Waals surface area contributed by atoms with E-state index < -0.39 is 5.97 Å². The number of nitrogens with zero attached hydrogens (tertiary/aromatic N) is 1. The number of hydrogen-bond acceptors (Lipinski definition) is 4. The third-order valence-electron chi connectivity index (χ3n) is 14.1. The number of aliphatic hydroxyl groups excluding tert-OH is 1. The third kappa shape index (κ3) is 3.41. The van der Waals surface area contributed by atoms with Gasteiger partial charge in [0, 0.05) is 12.7 Å². The van der Waals surface area contributed by atoms with Gasteiger partial charge in [-0.1, -0.05) is 58.0 Å². The van der Waals surface area contributed by atoms with Crippen LogP contribution in [0.2, 0.25) is 0 Å². The van der Waals surface area contributed by atoms with Crippen molar-refractivity contribution in [3.8, 4) is 0 Å². The van der Waals surface area contributed by atoms with Gasteiger partial charge in [0.1, 0.15) is 0 Å². The van der Waals surface area contributed by atoms with E-state index in [0.717, 1.165) is 24.8 Å². The quantitative estimate of drug-likeness (QED) is 0.381. The molecular formula is C34H49NO4. The Morgan fingerprint density at radius 2 is 1.77 bits per heavy atom. The normalized spacial score (nSPS) is 46.3. The highest BCUT2D eigenvalue weighted by atomic mass is 16.5. The molecule has 6 rings (SSSR count). The Balaban J connectivity index is 1.37. The first kappa shape index (κ1) is 27.3. The maximum atomic E-state index is 11.5. The van der Waals surface area contributed by atoms with Crippen molar-refractivity contribution in [3.63, 3.8) is 0 Å². The molecule has 39 heavy (non-hydrogen) atoms. The second-order valence-electron chi connectivity index (χ2n) is 15.6. The van der Waals surface area contributed by atoms with Crippen molar-refractivity contribution >= 4 is 11.5 Å². The molecule has 2 N–H and O–H groups in total. The first-order valence-electron chi connectivity index (χ1n) is 15.4. The summed E-state index contributed by atoms with van der Waals surface area (Å²) in [6, 6.07) is 1.60. The Kier molecular flexibility index (Phi) is 6.00. The Morgan fingerprint density at radius 3 is 2.41 bits per heavy atom. The lowest BCUT2D eigenvalue weighted by Crippen LogP contribution is -2.65. The Hall–Kier alpha value is -1.88. The molecule has 4 fully saturated rings. The summed E-state index contributed by atoms with van der Waals surface area (Å²) in [5.41, 5.74) is 3.09. The molecule has 214 valence electrons. The minimum absolute atomic E-state index is 0.0197. The maximum absolute atomic E-state index is 11.5. The van der Waals surface area contributed by atoms with Crippen LogP contribution in [0.5, 0.6) is 0 Å². The number of carbonyl (C=O) groups is 1. The lowest BCUT2D eigenvalue weighted by molar-refractivity contribution is -0.228. The average Bonchev–Trinajstić information content (AvgIpc) is 3.50. The number of aromatic nitrogens is 1. The molecule has 9 atom stereocenters. The van der Waals surface area contributed by atoms with E-state index in [1.54, 1.807) is 6.07 Å². The predicted octanol–water partition coefficient (Wildman–Crippen LogP) is 8.02. The summed E-state index contributed by atoms with van der Waals surface area (Å²) in [4.78, 5) is 11.5. The van der Waals surface area contributed by atoms with E-state index in [2.05, 4.69) is 59.4 Å². The number of aliphatic hydroxyl groups is 1. The fourth-order valence-corrected chi connectivity index (χ4v) is 12.1. The lowest BCUT2D eigenvalue weighted by Gasteiger charge is -2.72. The minimum atomic E-state index is -1.05. The van der Waals surface area contributed by atoms with E-state index in [1.165, 1.54) is 44.1 Å². The van der Waals surface area contributed by atoms with Gasteiger partial charge in [0.2, 0.25) is 0 Å². The van der Waals surface area contributed by atoms with E-state index in [0.29, 0.717) is 42.0 Å². The minimum Gasteiger partial charge on any atom is -0.476 e. The zero-order valence-corrected chi connectivity index (χ0v) is 25.0. The van der Waals surface area contributed by atoms with Crippen molar-refractivity contribution in [3.05, 3.63) is 35.7 Å². The molecule has 0 amide bonds. The number of rotatable bonds is 4. The van der Waals surface area contributed by atoms with Gasteiger partial charge < -0.3 is 14.7 Å². The Bertz CT molecular complexity index is 1230. The molecule has 5 aliphatic rings. The number of carboxylic acid groups (broad SMARTS) is 1. The van der Waals surface area contributed by atoms with Gasteiger partial charge in [-0.2, -0.15) is 0 Å². The largest absolute Gasteiger partial charge is 0.476 e. The van der Waals surface area contributed by atoms with E-state index in [9.17, 15) is 15.0 Å². The standard InChI is InChI=1S/C34H49NO4/c1-20(2)21-10-15-34(19-36)17-16-32(6)23(28(21)34)8-9-27-31(5)13-11-22(25-18-24(29(37)38)35-39-25)30(3,4)26(31)12-14-33(27,32)7/h11,18,21,23,26-28,36H,1,8-10,12-17,19H2,2-7H3,(H,37,38)/t21-,23+,26-,27+,28+,31-,32+,33+,34+/m0/s1. The van der Waals surface area contributed by atoms with Crippen molar-refractivity contribution in [2.24, 2.45) is 56.7 Å². The summed E-state index contributed by atoms with van der Waals surface area (Å²) in [6.07, 6.45) is 13.0. The number of aromatic carboxylic acids is 1. The first-order valence-corrected chi connectivity index (χ1v) is 15.4. The van der Waals surface area contributed by atoms with Gasteiger partial charge in [-0.05, 0) is 127 Å². The summed E-state index contributed by atoms with van der Waals surface area (Å²) >= 11 is 0. The van der Waals surface area contributed by atoms with Gasteiger partial charge >= 0.3 is 5.97 Å². The topological polar surface area (TPSA) is 83.6 Å². The summed E-state index contributed by atoms with van der Waals surface area (Å²) in [5.74, 6) is 2.46. The molecule has 0 aromatic carbocycles. The molecule has 0 radical (unpaired) electrons. The van der Waals surface area contributed by atoms with Crippen LogP contribution in [0.3, 0.4) is 0 Å². The number of fused-ring (bicyclic) bond motifs is 7. The van der Waals surface area contributed by atoms with E-state index in [1.807, 2.05) is 0 Å². The molecule has 0 saturated heterocycles. The highest BCUT2D eigenvalue weighted by molar-refractivity contribution is 5.86. The van der Waals surface area contributed by atoms with Crippen LogP contribution < -0.4 is 0 Å². The van der Waals surface area contributed by atoms with Crippen LogP contribution in [0.25, 0.3) is 5.57 Å². The smallest absolute Gasteiger partial charge is 0.358 e. The molecule has 1 aromatic rings. The van der Waals surface area contributed by atoms with Gasteiger partial charge in [-0.3, -0.25) is 0 Å². The average molecular weight is 536 g/mol. The summed E-state index contributed by atoms with van der Waals surface area (Å²) in [6.45, 7) is 19.5. The zero-order chi connectivity index (χ0) is 28.2. The SMILES string of the molecule is C=C(C)[C@@H]1CC[C@]2(CO)CC[C@]3(C)[C@H](CC[C@@H]4[C@@]5(C)CC=C(c6cc(C(=O)O)no6)C(C)(C)[C@@H]5CC[C@]43C)[C@@H]12. The molecular weight excluding hydrogens is 486 g/mol. The fourth-order valence-electron chi connectivity index (χ4n) is 12.1. The van der Waals surface area contributed by atoms with E-state index in [-0.39, 0.29) is 32.8 Å². The molecule has 5 nitrogen and oxygen atoms in total. The second-order valence-corrected chi connectivity index (χ2v) is 15.6. The van der Waals surface area contributed by atoms with E-state index >= 15 is 0 Å². The number of allylic oxidation sites excluding steroid dienone is 3. The molecule has 0 bridgehead atoms. The van der Waals surface area contributed by atoms with Crippen LogP contribution in [0.4, 0.5) is 0 Å². The number of carboxylic acids is 1. The molecule has 0 spiro atoms. The van der Waals surface area contributed by atoms with Crippen molar-refractivity contribution in [2.45, 2.75) is 99.3 Å². The van der Waals surface area contributed by atoms with Crippen LogP contribution in [-0.4, -0.2) is 27.9 Å². The van der Waals surface area contributed by atoms with Crippen LogP contribution >= 0.6 is 0 Å². The van der Waals surface area contributed by atoms with Gasteiger partial charge in [0.15, 0.2) is 11.5 Å². The van der Waals surface area contributed by atoms with Gasteiger partial charge in [-0.15, -0.1) is 0 Å². The number of hydrogen-bond donors (Lipinski definition) is 2. The van der Waals surface area contributed by atoms with Crippen molar-refractivity contribution < 1.29 is 19.5 Å². The first-order chi connectivity index (χ1) is 18.2. The van der Waals surface area contributed by atoms with Crippen molar-refractivity contribution in [1.29, 1.82) is 0 Å². The van der Waals surface area contributed by atoms with Crippen LogP contribution in [0, 0.1) is 56.7 Å². The molecule has 1 heterocycles. The summed E-state index contributed by atoms with van der Waals surface area (Å²) in [5, 5.41) is 24.0. The highest BCUT2D eigenvalue weighted by Gasteiger charge is 2.70. The molecule has 0 aliphatic heterocycles. The Labute approximate surface area is 234 Å². The van der Waals surface area contributed by atoms with Crippen LogP contribution in [0.1, 0.15) is 116 Å². The molecule has 5 heteroatoms. The fraction of sp³-hybridized carbons (Fsp3) is 0.765. The van der Waals surface area contributed by atoms with Crippen LogP contribution in [0.15, 0.2) is 28.8 Å². The zero-order valence-electron chi connectivity index (χ0n) is 25.0. The van der Waals surface area contributed by atoms with Gasteiger partial charge in [0.05, 0.1) is 0 Å². The van der Waals surface area contributed by atoms with Gasteiger partial charge in [-0.25, -0.2) is 4.79 Å². The summed E-state index contributed by atoms with van der Waals surface area (Å²) < 4.78 is 5.59.